The normalized spacial score (nSPS) is 19.1. The molecule has 1 aromatic heterocycles. The Bertz CT molecular complexity index is 480. The van der Waals surface area contributed by atoms with Gasteiger partial charge in [-0.15, -0.1) is 0 Å². The first-order chi connectivity index (χ1) is 9.60. The summed E-state index contributed by atoms with van der Waals surface area (Å²) in [5.74, 6) is 0.706. The van der Waals surface area contributed by atoms with Crippen molar-refractivity contribution < 1.29 is 4.74 Å². The van der Waals surface area contributed by atoms with Gasteiger partial charge in [0.1, 0.15) is 10.7 Å². The SMILES string of the molecule is CCCOC1CCCN(c2nc(C)cc(C(N)=S)n2)C1. The van der Waals surface area contributed by atoms with Gasteiger partial charge in [-0.3, -0.25) is 0 Å². The van der Waals surface area contributed by atoms with Crippen LogP contribution in [0.2, 0.25) is 0 Å². The lowest BCUT2D eigenvalue weighted by atomic mass is 10.1. The van der Waals surface area contributed by atoms with Crippen LogP contribution in [0.4, 0.5) is 5.95 Å². The third-order valence-electron chi connectivity index (χ3n) is 3.31. The molecule has 1 unspecified atom stereocenters. The number of nitrogens with zero attached hydrogens (tertiary/aromatic N) is 3. The van der Waals surface area contributed by atoms with E-state index in [2.05, 4.69) is 21.8 Å². The Morgan fingerprint density at radius 1 is 1.55 bits per heavy atom. The van der Waals surface area contributed by atoms with Gasteiger partial charge in [-0.1, -0.05) is 19.1 Å². The van der Waals surface area contributed by atoms with Crippen LogP contribution in [0.1, 0.15) is 37.6 Å². The maximum Gasteiger partial charge on any atom is 0.226 e. The molecule has 110 valence electrons. The van der Waals surface area contributed by atoms with Crippen LogP contribution in [0.3, 0.4) is 0 Å². The molecule has 0 aliphatic carbocycles. The highest BCUT2D eigenvalue weighted by Gasteiger charge is 2.22. The number of aromatic nitrogens is 2. The van der Waals surface area contributed by atoms with Gasteiger partial charge in [0.05, 0.1) is 6.10 Å². The maximum absolute atomic E-state index is 5.84. The fourth-order valence-corrected chi connectivity index (χ4v) is 2.47. The van der Waals surface area contributed by atoms with Crippen molar-refractivity contribution in [3.63, 3.8) is 0 Å². The number of anilines is 1. The van der Waals surface area contributed by atoms with Gasteiger partial charge in [0.15, 0.2) is 0 Å². The molecule has 2 heterocycles. The topological polar surface area (TPSA) is 64.3 Å². The molecule has 1 fully saturated rings. The highest BCUT2D eigenvalue weighted by Crippen LogP contribution is 2.19. The van der Waals surface area contributed by atoms with E-state index in [0.29, 0.717) is 16.6 Å². The lowest BCUT2D eigenvalue weighted by Crippen LogP contribution is -2.41. The Morgan fingerprint density at radius 2 is 2.35 bits per heavy atom. The number of hydrogen-bond donors (Lipinski definition) is 1. The number of piperidine rings is 1. The molecule has 0 radical (unpaired) electrons. The number of nitrogens with two attached hydrogens (primary N) is 1. The quantitative estimate of drug-likeness (QED) is 0.836. The third kappa shape index (κ3) is 3.86. The van der Waals surface area contributed by atoms with E-state index in [1.54, 1.807) is 0 Å². The zero-order chi connectivity index (χ0) is 14.5. The largest absolute Gasteiger partial charge is 0.388 e. The third-order valence-corrected chi connectivity index (χ3v) is 3.52. The van der Waals surface area contributed by atoms with E-state index < -0.39 is 0 Å². The first-order valence-corrected chi connectivity index (χ1v) is 7.53. The predicted octanol–water partition coefficient (Wildman–Crippen LogP) is 1.81. The van der Waals surface area contributed by atoms with E-state index in [1.165, 1.54) is 0 Å². The summed E-state index contributed by atoms with van der Waals surface area (Å²) in [7, 11) is 0. The van der Waals surface area contributed by atoms with Crippen molar-refractivity contribution >= 4 is 23.2 Å². The molecule has 5 nitrogen and oxygen atoms in total. The predicted molar refractivity (Wildman–Crippen MR) is 84.1 cm³/mol. The minimum atomic E-state index is 0.265. The van der Waals surface area contributed by atoms with Crippen LogP contribution in [-0.4, -0.2) is 40.8 Å². The molecule has 1 atom stereocenters. The van der Waals surface area contributed by atoms with Crippen LogP contribution in [0.15, 0.2) is 6.07 Å². The summed E-state index contributed by atoms with van der Waals surface area (Å²) in [6, 6.07) is 1.82. The van der Waals surface area contributed by atoms with Gasteiger partial charge in [-0.25, -0.2) is 9.97 Å². The second-order valence-corrected chi connectivity index (χ2v) is 5.58. The van der Waals surface area contributed by atoms with Crippen LogP contribution >= 0.6 is 12.2 Å². The minimum absolute atomic E-state index is 0.265. The van der Waals surface area contributed by atoms with Crippen molar-refractivity contribution in [2.24, 2.45) is 5.73 Å². The molecule has 6 heteroatoms. The molecule has 0 saturated carbocycles. The number of aryl methyl sites for hydroxylation is 1. The van der Waals surface area contributed by atoms with Gasteiger partial charge < -0.3 is 15.4 Å². The van der Waals surface area contributed by atoms with Crippen molar-refractivity contribution in [3.05, 3.63) is 17.5 Å². The smallest absolute Gasteiger partial charge is 0.226 e. The Kier molecular flexibility index (Phi) is 5.25. The molecule has 0 spiro atoms. The van der Waals surface area contributed by atoms with Gasteiger partial charge >= 0.3 is 0 Å². The second kappa shape index (κ2) is 6.95. The summed E-state index contributed by atoms with van der Waals surface area (Å²) in [5, 5.41) is 0. The fraction of sp³-hybridized carbons (Fsp3) is 0.643. The fourth-order valence-electron chi connectivity index (χ4n) is 2.36. The van der Waals surface area contributed by atoms with E-state index in [-0.39, 0.29) is 6.10 Å². The van der Waals surface area contributed by atoms with Crippen LogP contribution in [0, 0.1) is 6.92 Å². The van der Waals surface area contributed by atoms with E-state index in [0.717, 1.165) is 44.7 Å². The van der Waals surface area contributed by atoms with Gasteiger partial charge in [0, 0.05) is 25.4 Å². The molecule has 1 aliphatic rings. The average Bonchev–Trinajstić information content (AvgIpc) is 2.44. The van der Waals surface area contributed by atoms with Gasteiger partial charge in [0.2, 0.25) is 5.95 Å². The molecular formula is C14H22N4OS. The summed E-state index contributed by atoms with van der Waals surface area (Å²) in [4.78, 5) is 11.4. The summed E-state index contributed by atoms with van der Waals surface area (Å²) in [5.41, 5.74) is 7.19. The molecule has 20 heavy (non-hydrogen) atoms. The highest BCUT2D eigenvalue weighted by atomic mass is 32.1. The van der Waals surface area contributed by atoms with Crippen molar-refractivity contribution in [2.75, 3.05) is 24.6 Å². The number of rotatable bonds is 5. The lowest BCUT2D eigenvalue weighted by Gasteiger charge is -2.32. The molecule has 1 saturated heterocycles. The standard InChI is InChI=1S/C14H22N4OS/c1-3-7-19-11-5-4-6-18(9-11)14-16-10(2)8-12(17-14)13(15)20/h8,11H,3-7,9H2,1-2H3,(H2,15,20). The summed E-state index contributed by atoms with van der Waals surface area (Å²) in [6.45, 7) is 6.65. The van der Waals surface area contributed by atoms with Crippen molar-refractivity contribution in [3.8, 4) is 0 Å². The van der Waals surface area contributed by atoms with Gasteiger partial charge in [-0.05, 0) is 32.3 Å². The number of ether oxygens (including phenoxy) is 1. The summed E-state index contributed by atoms with van der Waals surface area (Å²) < 4.78 is 5.84. The van der Waals surface area contributed by atoms with Gasteiger partial charge in [-0.2, -0.15) is 0 Å². The van der Waals surface area contributed by atoms with Crippen LogP contribution in [0.5, 0.6) is 0 Å². The summed E-state index contributed by atoms with van der Waals surface area (Å²) >= 11 is 5.01. The number of thiocarbonyl (C=S) groups is 1. The zero-order valence-corrected chi connectivity index (χ0v) is 12.9. The molecule has 1 aromatic rings. The molecule has 0 amide bonds. The zero-order valence-electron chi connectivity index (χ0n) is 12.1. The van der Waals surface area contributed by atoms with Crippen LogP contribution < -0.4 is 10.6 Å². The Balaban J connectivity index is 2.12. The molecule has 2 N–H and O–H groups in total. The Hall–Kier alpha value is -1.27. The van der Waals surface area contributed by atoms with E-state index in [9.17, 15) is 0 Å². The summed E-state index contributed by atoms with van der Waals surface area (Å²) in [6.07, 6.45) is 3.50. The molecular weight excluding hydrogens is 272 g/mol. The monoisotopic (exact) mass is 294 g/mol. The molecule has 2 rings (SSSR count). The lowest BCUT2D eigenvalue weighted by molar-refractivity contribution is 0.0437. The van der Waals surface area contributed by atoms with Crippen molar-refractivity contribution in [1.29, 1.82) is 0 Å². The van der Waals surface area contributed by atoms with E-state index in [1.807, 2.05) is 13.0 Å². The average molecular weight is 294 g/mol. The first kappa shape index (κ1) is 15.1. The van der Waals surface area contributed by atoms with E-state index in [4.69, 9.17) is 22.7 Å². The van der Waals surface area contributed by atoms with Crippen molar-refractivity contribution in [1.82, 2.24) is 9.97 Å². The first-order valence-electron chi connectivity index (χ1n) is 7.12. The highest BCUT2D eigenvalue weighted by molar-refractivity contribution is 7.80. The Morgan fingerprint density at radius 3 is 3.05 bits per heavy atom. The number of hydrogen-bond acceptors (Lipinski definition) is 5. The van der Waals surface area contributed by atoms with Crippen LogP contribution in [-0.2, 0) is 4.74 Å². The van der Waals surface area contributed by atoms with Crippen LogP contribution in [0.25, 0.3) is 0 Å². The van der Waals surface area contributed by atoms with Crippen molar-refractivity contribution in [2.45, 2.75) is 39.2 Å². The molecule has 1 aliphatic heterocycles. The van der Waals surface area contributed by atoms with E-state index >= 15 is 0 Å². The Labute approximate surface area is 125 Å². The van der Waals surface area contributed by atoms with Gasteiger partial charge in [0.25, 0.3) is 0 Å². The molecule has 0 aromatic carbocycles. The molecule has 0 bridgehead atoms. The second-order valence-electron chi connectivity index (χ2n) is 5.14. The minimum Gasteiger partial charge on any atom is -0.388 e. The maximum atomic E-state index is 5.84.